The van der Waals surface area contributed by atoms with Gasteiger partial charge in [-0.05, 0) is 24.3 Å². The Morgan fingerprint density at radius 2 is 1.62 bits per heavy atom. The number of amides is 1. The van der Waals surface area contributed by atoms with Crippen LogP contribution in [0.25, 0.3) is 0 Å². The Morgan fingerprint density at radius 1 is 1.00 bits per heavy atom. The van der Waals surface area contributed by atoms with E-state index in [2.05, 4.69) is 10.1 Å². The zero-order chi connectivity index (χ0) is 17.6. The van der Waals surface area contributed by atoms with E-state index in [0.717, 1.165) is 6.07 Å². The maximum absolute atomic E-state index is 13.3. The number of hydrogen-bond acceptors (Lipinski definition) is 3. The first kappa shape index (κ1) is 17.6. The summed E-state index contributed by atoms with van der Waals surface area (Å²) in [5.41, 5.74) is -0.120. The molecule has 8 heteroatoms. The summed E-state index contributed by atoms with van der Waals surface area (Å²) in [5, 5.41) is 2.30. The quantitative estimate of drug-likeness (QED) is 0.802. The van der Waals surface area contributed by atoms with E-state index in [4.69, 9.17) is 4.74 Å². The number of nitrogens with one attached hydrogen (secondary N) is 1. The predicted octanol–water partition coefficient (Wildman–Crippen LogP) is 4.13. The molecule has 0 saturated heterocycles. The highest BCUT2D eigenvalue weighted by Crippen LogP contribution is 2.29. The Labute approximate surface area is 135 Å². The maximum Gasteiger partial charge on any atom is 0.573 e. The molecule has 2 rings (SSSR count). The van der Waals surface area contributed by atoms with Gasteiger partial charge < -0.3 is 14.8 Å². The van der Waals surface area contributed by atoms with E-state index in [-0.39, 0.29) is 24.5 Å². The zero-order valence-corrected chi connectivity index (χ0v) is 12.3. The van der Waals surface area contributed by atoms with Crippen LogP contribution in [0.5, 0.6) is 11.5 Å². The van der Waals surface area contributed by atoms with Crippen LogP contribution in [0.1, 0.15) is 6.42 Å². The summed E-state index contributed by atoms with van der Waals surface area (Å²) >= 11 is 0. The lowest BCUT2D eigenvalue weighted by Gasteiger charge is -2.14. The highest BCUT2D eigenvalue weighted by atomic mass is 19.4. The summed E-state index contributed by atoms with van der Waals surface area (Å²) in [4.78, 5) is 11.8. The van der Waals surface area contributed by atoms with E-state index in [1.807, 2.05) is 0 Å². The lowest BCUT2D eigenvalue weighted by Crippen LogP contribution is -2.20. The third kappa shape index (κ3) is 5.45. The molecule has 0 unspecified atom stereocenters. The number of anilines is 1. The topological polar surface area (TPSA) is 47.6 Å². The first-order valence-electron chi connectivity index (χ1n) is 6.87. The van der Waals surface area contributed by atoms with Gasteiger partial charge in [0.1, 0.15) is 0 Å². The largest absolute Gasteiger partial charge is 0.573 e. The molecule has 4 nitrogen and oxygen atoms in total. The van der Waals surface area contributed by atoms with Crippen LogP contribution < -0.4 is 14.8 Å². The van der Waals surface area contributed by atoms with Crippen LogP contribution in [0.3, 0.4) is 0 Å². The monoisotopic (exact) mass is 343 g/mol. The van der Waals surface area contributed by atoms with Crippen molar-refractivity contribution in [2.75, 3.05) is 11.9 Å². The molecule has 0 aliphatic carbocycles. The van der Waals surface area contributed by atoms with Crippen molar-refractivity contribution in [3.05, 3.63) is 54.3 Å². The molecule has 0 atom stereocenters. The van der Waals surface area contributed by atoms with E-state index in [1.165, 1.54) is 36.4 Å². The van der Waals surface area contributed by atoms with Crippen molar-refractivity contribution in [3.63, 3.8) is 0 Å². The number of rotatable bonds is 6. The Kier molecular flexibility index (Phi) is 5.62. The van der Waals surface area contributed by atoms with Gasteiger partial charge in [0.05, 0.1) is 18.7 Å². The molecular weight excluding hydrogens is 330 g/mol. The second-order valence-corrected chi connectivity index (χ2v) is 4.62. The first-order chi connectivity index (χ1) is 11.3. The highest BCUT2D eigenvalue weighted by molar-refractivity contribution is 5.92. The third-order valence-corrected chi connectivity index (χ3v) is 2.81. The van der Waals surface area contributed by atoms with Gasteiger partial charge >= 0.3 is 6.36 Å². The van der Waals surface area contributed by atoms with Crippen molar-refractivity contribution in [1.29, 1.82) is 0 Å². The molecule has 0 saturated carbocycles. The number of benzene rings is 2. The Hall–Kier alpha value is -2.77. The van der Waals surface area contributed by atoms with Crippen LogP contribution in [-0.2, 0) is 4.79 Å². The van der Waals surface area contributed by atoms with Gasteiger partial charge in [0, 0.05) is 0 Å². The fraction of sp³-hybridized carbons (Fsp3) is 0.188. The molecule has 1 amide bonds. The van der Waals surface area contributed by atoms with Gasteiger partial charge in [0.2, 0.25) is 5.91 Å². The first-order valence-corrected chi connectivity index (χ1v) is 6.87. The molecule has 128 valence electrons. The molecule has 0 fully saturated rings. The Bertz CT molecular complexity index is 704. The number of hydrogen-bond donors (Lipinski definition) is 1. The standard InChI is InChI=1S/C16H13F4NO3/c17-11-5-1-3-7-13(11)23-10-9-15(22)21-12-6-2-4-8-14(12)24-16(18,19)20/h1-8H,9-10H2,(H,21,22). The second-order valence-electron chi connectivity index (χ2n) is 4.62. The molecule has 0 heterocycles. The van der Waals surface area contributed by atoms with Crippen molar-refractivity contribution < 1.29 is 31.8 Å². The van der Waals surface area contributed by atoms with Crippen LogP contribution in [0.4, 0.5) is 23.2 Å². The van der Waals surface area contributed by atoms with Crippen LogP contribution in [0.15, 0.2) is 48.5 Å². The molecule has 0 bridgehead atoms. The SMILES string of the molecule is O=C(CCOc1ccccc1F)Nc1ccccc1OC(F)(F)F. The summed E-state index contributed by atoms with van der Waals surface area (Å²) in [6.07, 6.45) is -5.04. The predicted molar refractivity (Wildman–Crippen MR) is 78.3 cm³/mol. The van der Waals surface area contributed by atoms with Crippen molar-refractivity contribution in [2.24, 2.45) is 0 Å². The summed E-state index contributed by atoms with van der Waals surface area (Å²) in [7, 11) is 0. The van der Waals surface area contributed by atoms with Crippen LogP contribution in [-0.4, -0.2) is 18.9 Å². The van der Waals surface area contributed by atoms with Gasteiger partial charge in [-0.3, -0.25) is 4.79 Å². The van der Waals surface area contributed by atoms with Gasteiger partial charge in [-0.15, -0.1) is 13.2 Å². The van der Waals surface area contributed by atoms with Crippen LogP contribution in [0, 0.1) is 5.82 Å². The van der Waals surface area contributed by atoms with Gasteiger partial charge in [0.25, 0.3) is 0 Å². The van der Waals surface area contributed by atoms with Gasteiger partial charge in [0.15, 0.2) is 17.3 Å². The molecule has 0 spiro atoms. The zero-order valence-electron chi connectivity index (χ0n) is 12.3. The average Bonchev–Trinajstić information content (AvgIpc) is 2.50. The fourth-order valence-electron chi connectivity index (χ4n) is 1.81. The Balaban J connectivity index is 1.90. The number of carbonyl (C=O) groups excluding carboxylic acids is 1. The van der Waals surface area contributed by atoms with Gasteiger partial charge in [-0.1, -0.05) is 24.3 Å². The maximum atomic E-state index is 13.3. The lowest BCUT2D eigenvalue weighted by molar-refractivity contribution is -0.274. The highest BCUT2D eigenvalue weighted by Gasteiger charge is 2.32. The van der Waals surface area contributed by atoms with Gasteiger partial charge in [-0.25, -0.2) is 4.39 Å². The molecule has 24 heavy (non-hydrogen) atoms. The molecule has 2 aromatic rings. The lowest BCUT2D eigenvalue weighted by atomic mass is 10.3. The summed E-state index contributed by atoms with van der Waals surface area (Å²) in [6, 6.07) is 10.8. The van der Waals surface area contributed by atoms with Crippen molar-refractivity contribution in [2.45, 2.75) is 12.8 Å². The van der Waals surface area contributed by atoms with E-state index in [1.54, 1.807) is 6.07 Å². The van der Waals surface area contributed by atoms with E-state index in [9.17, 15) is 22.4 Å². The number of carbonyl (C=O) groups is 1. The van der Waals surface area contributed by atoms with Crippen molar-refractivity contribution in [3.8, 4) is 11.5 Å². The normalized spacial score (nSPS) is 11.0. The Morgan fingerprint density at radius 3 is 2.29 bits per heavy atom. The molecular formula is C16H13F4NO3. The van der Waals surface area contributed by atoms with Gasteiger partial charge in [-0.2, -0.15) is 0 Å². The molecule has 0 aliphatic heterocycles. The molecule has 0 aliphatic rings. The molecule has 1 N–H and O–H groups in total. The summed E-state index contributed by atoms with van der Waals surface area (Å²) in [6.45, 7) is -0.130. The molecule has 2 aromatic carbocycles. The minimum atomic E-state index is -4.87. The number of halogens is 4. The second kappa shape index (κ2) is 7.67. The minimum Gasteiger partial charge on any atom is -0.490 e. The third-order valence-electron chi connectivity index (χ3n) is 2.81. The number of para-hydroxylation sites is 3. The van der Waals surface area contributed by atoms with Crippen molar-refractivity contribution >= 4 is 11.6 Å². The smallest absolute Gasteiger partial charge is 0.490 e. The number of alkyl halides is 3. The van der Waals surface area contributed by atoms with E-state index >= 15 is 0 Å². The molecule has 0 radical (unpaired) electrons. The van der Waals surface area contributed by atoms with Crippen LogP contribution in [0.2, 0.25) is 0 Å². The van der Waals surface area contributed by atoms with E-state index in [0.29, 0.717) is 0 Å². The summed E-state index contributed by atoms with van der Waals surface area (Å²) < 4.78 is 59.1. The minimum absolute atomic E-state index is 0.00824. The summed E-state index contributed by atoms with van der Waals surface area (Å²) in [5.74, 6) is -1.69. The fourth-order valence-corrected chi connectivity index (χ4v) is 1.81. The number of ether oxygens (including phenoxy) is 2. The average molecular weight is 343 g/mol. The van der Waals surface area contributed by atoms with E-state index < -0.39 is 23.8 Å². The van der Waals surface area contributed by atoms with Crippen molar-refractivity contribution in [1.82, 2.24) is 0 Å². The molecule has 0 aromatic heterocycles. The van der Waals surface area contributed by atoms with Crippen LogP contribution >= 0.6 is 0 Å².